The summed E-state index contributed by atoms with van der Waals surface area (Å²) < 4.78 is 3.60. The van der Waals surface area contributed by atoms with Crippen molar-refractivity contribution < 1.29 is 23.9 Å². The van der Waals surface area contributed by atoms with Crippen LogP contribution in [0.2, 0.25) is 0 Å². The summed E-state index contributed by atoms with van der Waals surface area (Å²) in [6.45, 7) is 0. The topological polar surface area (TPSA) is 90.2 Å². The molecule has 0 saturated heterocycles. The predicted octanol–water partition coefficient (Wildman–Crippen LogP) is 2.84. The van der Waals surface area contributed by atoms with Crippen molar-refractivity contribution in [1.29, 1.82) is 0 Å². The maximum atomic E-state index is 7.82. The van der Waals surface area contributed by atoms with Crippen LogP contribution in [0.15, 0.2) is 60.7 Å². The average molecular weight is 334 g/mol. The van der Waals surface area contributed by atoms with E-state index in [2.05, 4.69) is 52.8 Å². The van der Waals surface area contributed by atoms with Gasteiger partial charge in [0.05, 0.1) is 0 Å². The van der Waals surface area contributed by atoms with E-state index in [1.807, 2.05) is 12.1 Å². The molecule has 110 valence electrons. The Labute approximate surface area is 123 Å². The van der Waals surface area contributed by atoms with E-state index in [4.69, 9.17) is 19.6 Å². The van der Waals surface area contributed by atoms with Gasteiger partial charge in [0.25, 0.3) is 0 Å². The molecule has 0 aliphatic rings. The predicted molar refractivity (Wildman–Crippen MR) is 86.8 cm³/mol. The molecule has 0 amide bonds. The van der Waals surface area contributed by atoms with E-state index in [0.717, 1.165) is 0 Å². The smallest absolute Gasteiger partial charge is 0.328 e. The summed E-state index contributed by atoms with van der Waals surface area (Å²) in [5.41, 5.74) is 2.55. The van der Waals surface area contributed by atoms with Crippen molar-refractivity contribution in [2.75, 3.05) is 0 Å². The molecule has 1 atom stereocenters. The maximum absolute atomic E-state index is 7.82. The minimum Gasteiger partial charge on any atom is -0.328 e. The summed E-state index contributed by atoms with van der Waals surface area (Å²) in [5, 5.41) is 0. The van der Waals surface area contributed by atoms with Crippen molar-refractivity contribution in [1.82, 2.24) is 0 Å². The monoisotopic (exact) mass is 334 g/mol. The van der Waals surface area contributed by atoms with E-state index in [0.29, 0.717) is 0 Å². The summed E-state index contributed by atoms with van der Waals surface area (Å²) in [6.07, 6.45) is 0. The highest BCUT2D eigenvalue weighted by molar-refractivity contribution is 7.53. The first-order chi connectivity index (χ1) is 9.09. The molecule has 0 aliphatic heterocycles. The first kappa shape index (κ1) is 19.5. The fraction of sp³-hybridized carbons (Fsp3) is 0. The summed E-state index contributed by atoms with van der Waals surface area (Å²) in [5.74, 6) is 0. The van der Waals surface area contributed by atoms with Crippen LogP contribution in [0.3, 0.4) is 0 Å². The van der Waals surface area contributed by atoms with Gasteiger partial charge in [0.1, 0.15) is 0 Å². The van der Waals surface area contributed by atoms with E-state index < -0.39 is 17.2 Å². The second-order valence-corrected chi connectivity index (χ2v) is 4.98. The third-order valence-corrected chi connectivity index (χ3v) is 3.20. The zero-order valence-electron chi connectivity index (χ0n) is 10.6. The van der Waals surface area contributed by atoms with E-state index in [9.17, 15) is 0 Å². The van der Waals surface area contributed by atoms with Crippen LogP contribution in [0.4, 0.5) is 0 Å². The fourth-order valence-corrected chi connectivity index (χ4v) is 1.85. The number of hydrogen-bond donors (Lipinski definition) is 4. The van der Waals surface area contributed by atoms with Crippen LogP contribution >= 0.6 is 27.1 Å². The van der Waals surface area contributed by atoms with Gasteiger partial charge in [-0.15, -0.1) is 0 Å². The van der Waals surface area contributed by atoms with Crippen LogP contribution in [0.5, 0.6) is 0 Å². The van der Waals surface area contributed by atoms with Crippen LogP contribution < -0.4 is 0 Å². The minimum absolute atomic E-state index is 0. The minimum atomic E-state index is -2.61. The molecule has 2 aromatic carbocycles. The molecule has 0 bridgehead atoms. The molecule has 4 N–H and O–H groups in total. The molecule has 0 fully saturated rings. The largest absolute Gasteiger partial charge is 0.334 e. The molecule has 2 aromatic rings. The molecular formula is C12H17O5P3. The second-order valence-electron chi connectivity index (χ2n) is 3.32. The van der Waals surface area contributed by atoms with Crippen LogP contribution in [-0.2, 0) is 4.31 Å². The molecule has 0 aliphatic carbocycles. The Morgan fingerprint density at radius 1 is 0.600 bits per heavy atom. The van der Waals surface area contributed by atoms with E-state index in [1.165, 1.54) is 11.1 Å². The van der Waals surface area contributed by atoms with Gasteiger partial charge in [-0.05, 0) is 11.1 Å². The molecule has 2 rings (SSSR count). The van der Waals surface area contributed by atoms with E-state index in [1.54, 1.807) is 0 Å². The van der Waals surface area contributed by atoms with Gasteiger partial charge >= 0.3 is 17.2 Å². The molecule has 20 heavy (non-hydrogen) atoms. The van der Waals surface area contributed by atoms with Gasteiger partial charge in [-0.2, -0.15) is 9.90 Å². The number of benzene rings is 2. The third-order valence-electron chi connectivity index (χ3n) is 2.03. The second kappa shape index (κ2) is 11.2. The summed E-state index contributed by atoms with van der Waals surface area (Å²) >= 11 is 0. The highest BCUT2D eigenvalue weighted by Crippen LogP contribution is 2.41. The zero-order valence-corrected chi connectivity index (χ0v) is 13.8. The highest BCUT2D eigenvalue weighted by atomic mass is 31.2. The highest BCUT2D eigenvalue weighted by Gasteiger charge is 2.05. The van der Waals surface area contributed by atoms with Gasteiger partial charge in [-0.25, -0.2) is 4.31 Å². The van der Waals surface area contributed by atoms with Crippen molar-refractivity contribution in [3.8, 4) is 11.1 Å². The summed E-state index contributed by atoms with van der Waals surface area (Å²) in [7, 11) is -5.22. The van der Waals surface area contributed by atoms with Crippen molar-refractivity contribution in [2.24, 2.45) is 0 Å². The van der Waals surface area contributed by atoms with Crippen LogP contribution in [0.25, 0.3) is 11.1 Å². The van der Waals surface area contributed by atoms with Gasteiger partial charge in [-0.3, -0.25) is 0 Å². The molecule has 8 heteroatoms. The lowest BCUT2D eigenvalue weighted by Crippen LogP contribution is -1.73. The Morgan fingerprint density at radius 2 is 0.900 bits per heavy atom. The normalized spacial score (nSPS) is 9.70. The lowest BCUT2D eigenvalue weighted by Gasteiger charge is -2.00. The molecule has 5 nitrogen and oxygen atoms in total. The van der Waals surface area contributed by atoms with Crippen molar-refractivity contribution >= 4 is 27.1 Å². The van der Waals surface area contributed by atoms with Gasteiger partial charge in [0.15, 0.2) is 0 Å². The van der Waals surface area contributed by atoms with Crippen LogP contribution in [0.1, 0.15) is 0 Å². The van der Waals surface area contributed by atoms with Gasteiger partial charge in [0.2, 0.25) is 0 Å². The quantitative estimate of drug-likeness (QED) is 0.648. The Hall–Kier alpha value is -0.470. The standard InChI is InChI=1S/C12H10.H4O5P2.H3P/c1-3-7-11(8-4-1)12-9-5-2-6-10-12;1-6(2)5-7(3)4;/h1-10H;1-4H;1H3. The summed E-state index contributed by atoms with van der Waals surface area (Å²) in [6, 6.07) is 20.8. The molecular weight excluding hydrogens is 317 g/mol. The van der Waals surface area contributed by atoms with Crippen molar-refractivity contribution in [3.05, 3.63) is 60.7 Å². The fourth-order valence-electron chi connectivity index (χ4n) is 1.33. The first-order valence-electron chi connectivity index (χ1n) is 5.24. The van der Waals surface area contributed by atoms with Gasteiger partial charge < -0.3 is 19.6 Å². The average Bonchev–Trinajstić information content (AvgIpc) is 2.40. The Balaban J connectivity index is 0.000000396. The Bertz CT molecular complexity index is 410. The zero-order chi connectivity index (χ0) is 14.1. The van der Waals surface area contributed by atoms with Gasteiger partial charge in [0, 0.05) is 0 Å². The SMILES string of the molecule is OP(O)OP(O)O.P.c1ccc(-c2ccccc2)cc1. The van der Waals surface area contributed by atoms with Crippen molar-refractivity contribution in [2.45, 2.75) is 0 Å². The molecule has 0 heterocycles. The van der Waals surface area contributed by atoms with Crippen LogP contribution in [-0.4, -0.2) is 19.6 Å². The van der Waals surface area contributed by atoms with Crippen molar-refractivity contribution in [3.63, 3.8) is 0 Å². The lowest BCUT2D eigenvalue weighted by atomic mass is 10.1. The Kier molecular flexibility index (Phi) is 11.0. The Morgan fingerprint density at radius 3 is 1.10 bits per heavy atom. The molecule has 0 radical (unpaired) electrons. The maximum Gasteiger partial charge on any atom is 0.334 e. The first-order valence-corrected chi connectivity index (χ1v) is 7.57. The van der Waals surface area contributed by atoms with E-state index >= 15 is 0 Å². The van der Waals surface area contributed by atoms with Gasteiger partial charge in [-0.1, -0.05) is 60.7 Å². The molecule has 0 saturated carbocycles. The van der Waals surface area contributed by atoms with E-state index in [-0.39, 0.29) is 9.90 Å². The molecule has 0 aromatic heterocycles. The summed E-state index contributed by atoms with van der Waals surface area (Å²) in [4.78, 5) is 31.3. The molecule has 0 spiro atoms. The number of hydrogen-bond acceptors (Lipinski definition) is 5. The van der Waals surface area contributed by atoms with Crippen LogP contribution in [0, 0.1) is 0 Å². The number of rotatable bonds is 3. The molecule has 1 unspecified atom stereocenters. The lowest BCUT2D eigenvalue weighted by molar-refractivity contribution is 0.324. The third kappa shape index (κ3) is 8.65.